The zero-order valence-corrected chi connectivity index (χ0v) is 30.1. The van der Waals surface area contributed by atoms with Gasteiger partial charge in [0, 0.05) is 37.4 Å². The molecule has 0 aliphatic heterocycles. The molecule has 0 spiro atoms. The SMILES string of the molecule is CP(=O)(O)OCCCCCCSSCCCCCCOP(=O)(O)OCCCCCCCC(=O)OCC1[C@H]2CCC#CCC[C@@H]12. The second-order valence-corrected chi connectivity index (χ2v) is 17.9. The van der Waals surface area contributed by atoms with Gasteiger partial charge in [0.15, 0.2) is 0 Å². The molecule has 0 heterocycles. The van der Waals surface area contributed by atoms with Crippen molar-refractivity contribution in [2.45, 2.75) is 116 Å². The van der Waals surface area contributed by atoms with Crippen molar-refractivity contribution in [2.24, 2.45) is 17.8 Å². The Kier molecular flexibility index (Phi) is 22.1. The Bertz CT molecular complexity index is 919. The number of fused-ring (bicyclic) bond motifs is 1. The maximum atomic E-state index is 12.1. The molecule has 0 aromatic heterocycles. The quantitative estimate of drug-likeness (QED) is 0.0267. The van der Waals surface area contributed by atoms with Crippen molar-refractivity contribution in [3.05, 3.63) is 0 Å². The molecular weight excluding hydrogens is 642 g/mol. The van der Waals surface area contributed by atoms with Crippen molar-refractivity contribution < 1.29 is 42.0 Å². The average molecular weight is 699 g/mol. The molecule has 44 heavy (non-hydrogen) atoms. The van der Waals surface area contributed by atoms with Gasteiger partial charge in [0.25, 0.3) is 0 Å². The molecule has 1 fully saturated rings. The Morgan fingerprint density at radius 3 is 1.68 bits per heavy atom. The van der Waals surface area contributed by atoms with Crippen LogP contribution < -0.4 is 0 Å². The van der Waals surface area contributed by atoms with Crippen molar-refractivity contribution in [3.8, 4) is 11.8 Å². The monoisotopic (exact) mass is 698 g/mol. The smallest absolute Gasteiger partial charge is 0.465 e. The van der Waals surface area contributed by atoms with E-state index in [1.165, 1.54) is 6.66 Å². The summed E-state index contributed by atoms with van der Waals surface area (Å²) in [6.45, 7) is 2.54. The molecule has 0 saturated heterocycles. The lowest BCUT2D eigenvalue weighted by Gasteiger charge is -2.12. The first kappa shape index (κ1) is 40.2. The summed E-state index contributed by atoms with van der Waals surface area (Å²) in [7, 11) is -3.56. The Morgan fingerprint density at radius 1 is 0.705 bits per heavy atom. The molecule has 256 valence electrons. The van der Waals surface area contributed by atoms with Gasteiger partial charge >= 0.3 is 21.4 Å². The minimum atomic E-state index is -3.99. The van der Waals surface area contributed by atoms with Crippen molar-refractivity contribution >= 4 is 43.0 Å². The number of phosphoric acid groups is 1. The van der Waals surface area contributed by atoms with Crippen LogP contribution in [0.2, 0.25) is 0 Å². The van der Waals surface area contributed by atoms with Gasteiger partial charge in [-0.05, 0) is 69.1 Å². The second-order valence-electron chi connectivity index (χ2n) is 11.9. The molecule has 0 radical (unpaired) electrons. The van der Waals surface area contributed by atoms with Gasteiger partial charge in [0.1, 0.15) is 0 Å². The molecule has 2 rings (SSSR count). The highest BCUT2D eigenvalue weighted by Crippen LogP contribution is 2.52. The maximum Gasteiger partial charge on any atom is 0.472 e. The largest absolute Gasteiger partial charge is 0.472 e. The number of unbranched alkanes of at least 4 members (excludes halogenated alkanes) is 10. The van der Waals surface area contributed by atoms with E-state index in [1.54, 1.807) is 0 Å². The van der Waals surface area contributed by atoms with Crippen LogP contribution >= 0.6 is 37.0 Å². The maximum absolute atomic E-state index is 12.1. The van der Waals surface area contributed by atoms with E-state index in [2.05, 4.69) is 11.8 Å². The molecule has 0 amide bonds. The second kappa shape index (κ2) is 24.2. The van der Waals surface area contributed by atoms with Crippen molar-refractivity contribution in [1.29, 1.82) is 0 Å². The van der Waals surface area contributed by atoms with Crippen LogP contribution in [0.25, 0.3) is 0 Å². The number of rotatable bonds is 28. The molecule has 1 saturated carbocycles. The summed E-state index contributed by atoms with van der Waals surface area (Å²) < 4.78 is 43.7. The van der Waals surface area contributed by atoms with Crippen molar-refractivity contribution in [2.75, 3.05) is 44.6 Å². The molecule has 13 heteroatoms. The molecule has 3 unspecified atom stereocenters. The van der Waals surface area contributed by atoms with Crippen LogP contribution in [0, 0.1) is 29.6 Å². The third-order valence-electron chi connectivity index (χ3n) is 7.97. The Labute approximate surface area is 274 Å². The molecule has 0 aromatic rings. The number of phosphoric ester groups is 1. The molecule has 2 aliphatic carbocycles. The number of hydrogen-bond acceptors (Lipinski definition) is 9. The molecule has 2 aliphatic rings. The van der Waals surface area contributed by atoms with Gasteiger partial charge < -0.3 is 19.0 Å². The molecule has 0 aromatic carbocycles. The summed E-state index contributed by atoms with van der Waals surface area (Å²) in [5.74, 6) is 10.4. The first-order chi connectivity index (χ1) is 21.2. The molecular formula is C31H56O9P2S2. The highest BCUT2D eigenvalue weighted by molar-refractivity contribution is 8.76. The summed E-state index contributed by atoms with van der Waals surface area (Å²) >= 11 is 0. The summed E-state index contributed by atoms with van der Waals surface area (Å²) in [4.78, 5) is 31.0. The first-order valence-corrected chi connectivity index (χ1v) is 22.6. The van der Waals surface area contributed by atoms with E-state index in [4.69, 9.17) is 23.2 Å². The minimum absolute atomic E-state index is 0.0984. The fourth-order valence-corrected chi connectivity index (χ4v) is 8.98. The highest BCUT2D eigenvalue weighted by Gasteiger charge is 2.49. The fraction of sp³-hybridized carbons (Fsp3) is 0.903. The minimum Gasteiger partial charge on any atom is -0.465 e. The van der Waals surface area contributed by atoms with Crippen LogP contribution in [0.15, 0.2) is 0 Å². The van der Waals surface area contributed by atoms with Crippen LogP contribution in [0.5, 0.6) is 0 Å². The van der Waals surface area contributed by atoms with Gasteiger partial charge in [-0.2, -0.15) is 0 Å². The van der Waals surface area contributed by atoms with Gasteiger partial charge in [-0.25, -0.2) is 4.57 Å². The summed E-state index contributed by atoms with van der Waals surface area (Å²) in [6, 6.07) is 0. The lowest BCUT2D eigenvalue weighted by Crippen LogP contribution is -2.08. The lowest BCUT2D eigenvalue weighted by atomic mass is 10.1. The van der Waals surface area contributed by atoms with Crippen LogP contribution in [-0.2, 0) is 32.2 Å². The van der Waals surface area contributed by atoms with Gasteiger partial charge in [-0.15, -0.1) is 11.8 Å². The summed E-state index contributed by atoms with van der Waals surface area (Å²) in [6.07, 6.45) is 16.9. The number of ether oxygens (including phenoxy) is 1. The van der Waals surface area contributed by atoms with Crippen LogP contribution in [0.1, 0.15) is 116 Å². The van der Waals surface area contributed by atoms with Gasteiger partial charge in [0.2, 0.25) is 0 Å². The van der Waals surface area contributed by atoms with Gasteiger partial charge in [-0.1, -0.05) is 66.5 Å². The first-order valence-electron chi connectivity index (χ1n) is 16.6. The number of carbonyl (C=O) groups excluding carboxylic acids is 1. The summed E-state index contributed by atoms with van der Waals surface area (Å²) in [5.41, 5.74) is 0. The fourth-order valence-electron chi connectivity index (χ4n) is 5.43. The van der Waals surface area contributed by atoms with E-state index >= 15 is 0 Å². The van der Waals surface area contributed by atoms with Crippen molar-refractivity contribution in [3.63, 3.8) is 0 Å². The highest BCUT2D eigenvalue weighted by atomic mass is 33.1. The predicted octanol–water partition coefficient (Wildman–Crippen LogP) is 8.78. The Hall–Kier alpha value is -0.0100. The Morgan fingerprint density at radius 2 is 1.16 bits per heavy atom. The summed E-state index contributed by atoms with van der Waals surface area (Å²) in [5, 5.41) is 0. The van der Waals surface area contributed by atoms with Crippen LogP contribution in [0.4, 0.5) is 0 Å². The molecule has 0 bridgehead atoms. The number of carbonyl (C=O) groups is 1. The normalized spacial score (nSPS) is 22.0. The van der Waals surface area contributed by atoms with E-state index in [-0.39, 0.29) is 19.2 Å². The van der Waals surface area contributed by atoms with E-state index in [9.17, 15) is 18.8 Å². The third kappa shape index (κ3) is 21.7. The van der Waals surface area contributed by atoms with E-state index in [0.717, 1.165) is 114 Å². The Balaban J connectivity index is 1.28. The third-order valence-corrected chi connectivity index (χ3v) is 12.2. The van der Waals surface area contributed by atoms with Crippen LogP contribution in [-0.4, -0.2) is 60.4 Å². The van der Waals surface area contributed by atoms with Gasteiger partial charge in [0.05, 0.1) is 26.4 Å². The number of hydrogen-bond donors (Lipinski definition) is 2. The number of esters is 1. The van der Waals surface area contributed by atoms with Crippen LogP contribution in [0.3, 0.4) is 0 Å². The van der Waals surface area contributed by atoms with Crippen molar-refractivity contribution in [1.82, 2.24) is 0 Å². The standard InChI is InChI=1S/C31H56O9P2S2/c1-41(33,34)38-22-14-7-9-17-25-43-44-26-18-10-8-16-24-40-42(35,36)39-23-15-6-2-3-13-21-31(32)37-27-30-28-19-11-4-5-12-20-29(28)30/h28-30H,2-3,6-27H2,1H3,(H,33,34)(H,35,36)/t28-,29+,30?. The molecule has 9 nitrogen and oxygen atoms in total. The average Bonchev–Trinajstić information content (AvgIpc) is 3.60. The van der Waals surface area contributed by atoms with Gasteiger partial charge in [-0.3, -0.25) is 18.4 Å². The van der Waals surface area contributed by atoms with E-state index < -0.39 is 15.4 Å². The lowest BCUT2D eigenvalue weighted by molar-refractivity contribution is -0.144. The topological polar surface area (TPSA) is 129 Å². The van der Waals surface area contributed by atoms with E-state index in [1.807, 2.05) is 21.6 Å². The molecule has 2 N–H and O–H groups in total. The predicted molar refractivity (Wildman–Crippen MR) is 181 cm³/mol. The zero-order valence-electron chi connectivity index (χ0n) is 26.7. The molecule has 5 atom stereocenters. The van der Waals surface area contributed by atoms with E-state index in [0.29, 0.717) is 43.8 Å². The zero-order chi connectivity index (χ0) is 31.9.